The molecule has 2 nitrogen and oxygen atoms in total. The summed E-state index contributed by atoms with van der Waals surface area (Å²) in [6.07, 6.45) is 8.78. The van der Waals surface area contributed by atoms with Crippen LogP contribution in [0.25, 0.3) is 0 Å². The zero-order valence-electron chi connectivity index (χ0n) is 11.7. The Morgan fingerprint density at radius 2 is 1.94 bits per heavy atom. The third-order valence-electron chi connectivity index (χ3n) is 5.24. The maximum absolute atomic E-state index is 3.84. The van der Waals surface area contributed by atoms with Gasteiger partial charge in [-0.05, 0) is 37.9 Å². The molecule has 1 N–H and O–H groups in total. The number of hydrogen-bond donors (Lipinski definition) is 1. The van der Waals surface area contributed by atoms with Gasteiger partial charge >= 0.3 is 0 Å². The standard InChI is InChI=1S/C15H28N2S/c1-12-9-16-15(13-5-3-2-4-6-13)10-17(12)14-7-8-18-11-14/h12-16H,2-11H2,1H3. The van der Waals surface area contributed by atoms with E-state index in [9.17, 15) is 0 Å². The Kier molecular flexibility index (Phi) is 4.53. The Bertz CT molecular complexity index is 259. The summed E-state index contributed by atoms with van der Waals surface area (Å²) in [5.74, 6) is 3.72. The van der Waals surface area contributed by atoms with Crippen LogP contribution in [0.4, 0.5) is 0 Å². The molecule has 3 heteroatoms. The van der Waals surface area contributed by atoms with Crippen molar-refractivity contribution in [1.29, 1.82) is 0 Å². The largest absolute Gasteiger partial charge is 0.311 e. The fraction of sp³-hybridized carbons (Fsp3) is 1.00. The predicted molar refractivity (Wildman–Crippen MR) is 80.3 cm³/mol. The molecule has 0 bridgehead atoms. The molecule has 3 rings (SSSR count). The van der Waals surface area contributed by atoms with Crippen molar-refractivity contribution < 1.29 is 0 Å². The quantitative estimate of drug-likeness (QED) is 0.829. The first-order valence-corrected chi connectivity index (χ1v) is 9.07. The van der Waals surface area contributed by atoms with Crippen LogP contribution < -0.4 is 5.32 Å². The maximum atomic E-state index is 3.84. The third-order valence-corrected chi connectivity index (χ3v) is 6.39. The van der Waals surface area contributed by atoms with Gasteiger partial charge < -0.3 is 5.32 Å². The highest BCUT2D eigenvalue weighted by atomic mass is 32.2. The van der Waals surface area contributed by atoms with Gasteiger partial charge in [-0.15, -0.1) is 0 Å². The molecule has 2 aliphatic heterocycles. The molecule has 2 heterocycles. The van der Waals surface area contributed by atoms with Gasteiger partial charge in [0, 0.05) is 37.0 Å². The number of thioether (sulfide) groups is 1. The smallest absolute Gasteiger partial charge is 0.0224 e. The highest BCUT2D eigenvalue weighted by Gasteiger charge is 2.35. The van der Waals surface area contributed by atoms with Crippen molar-refractivity contribution in [2.75, 3.05) is 24.6 Å². The summed E-state index contributed by atoms with van der Waals surface area (Å²) in [7, 11) is 0. The van der Waals surface area contributed by atoms with E-state index in [0.717, 1.165) is 24.0 Å². The zero-order valence-corrected chi connectivity index (χ0v) is 12.6. The molecule has 0 aromatic heterocycles. The summed E-state index contributed by atoms with van der Waals surface area (Å²) in [4.78, 5) is 2.83. The number of hydrogen-bond acceptors (Lipinski definition) is 3. The van der Waals surface area contributed by atoms with E-state index in [1.807, 2.05) is 0 Å². The zero-order chi connectivity index (χ0) is 12.4. The van der Waals surface area contributed by atoms with E-state index in [4.69, 9.17) is 0 Å². The van der Waals surface area contributed by atoms with E-state index < -0.39 is 0 Å². The average Bonchev–Trinajstić information content (AvgIpc) is 2.94. The monoisotopic (exact) mass is 268 g/mol. The van der Waals surface area contributed by atoms with E-state index in [2.05, 4.69) is 28.9 Å². The SMILES string of the molecule is CC1CNC(C2CCCCC2)CN1C1CCSC1. The summed E-state index contributed by atoms with van der Waals surface area (Å²) in [6, 6.07) is 2.40. The van der Waals surface area contributed by atoms with Crippen LogP contribution in [0.15, 0.2) is 0 Å². The Morgan fingerprint density at radius 3 is 2.67 bits per heavy atom. The Labute approximate surface area is 116 Å². The van der Waals surface area contributed by atoms with Crippen LogP contribution in [0, 0.1) is 5.92 Å². The van der Waals surface area contributed by atoms with Crippen molar-refractivity contribution >= 4 is 11.8 Å². The maximum Gasteiger partial charge on any atom is 0.0224 e. The van der Waals surface area contributed by atoms with Gasteiger partial charge in [-0.2, -0.15) is 11.8 Å². The predicted octanol–water partition coefficient (Wildman–Crippen LogP) is 2.73. The average molecular weight is 268 g/mol. The van der Waals surface area contributed by atoms with Crippen LogP contribution >= 0.6 is 11.8 Å². The molecule has 3 atom stereocenters. The second-order valence-electron chi connectivity index (χ2n) is 6.48. The minimum atomic E-state index is 0.744. The van der Waals surface area contributed by atoms with Crippen LogP contribution in [0.2, 0.25) is 0 Å². The molecule has 0 aromatic rings. The minimum Gasteiger partial charge on any atom is -0.311 e. The molecule has 0 amide bonds. The Hall–Kier alpha value is 0.270. The first kappa shape index (κ1) is 13.3. The molecule has 3 fully saturated rings. The molecule has 3 unspecified atom stereocenters. The van der Waals surface area contributed by atoms with Crippen LogP contribution in [0.5, 0.6) is 0 Å². The van der Waals surface area contributed by atoms with Gasteiger partial charge in [0.1, 0.15) is 0 Å². The fourth-order valence-corrected chi connectivity index (χ4v) is 5.29. The van der Waals surface area contributed by atoms with Gasteiger partial charge in [0.2, 0.25) is 0 Å². The molecule has 1 aliphatic carbocycles. The lowest BCUT2D eigenvalue weighted by Crippen LogP contribution is -2.60. The molecule has 1 saturated carbocycles. The first-order valence-electron chi connectivity index (χ1n) is 7.91. The van der Waals surface area contributed by atoms with Crippen molar-refractivity contribution in [2.45, 2.75) is 63.6 Å². The molecule has 0 radical (unpaired) electrons. The first-order chi connectivity index (χ1) is 8.84. The molecule has 2 saturated heterocycles. The normalized spacial score (nSPS) is 40.2. The molecule has 18 heavy (non-hydrogen) atoms. The lowest BCUT2D eigenvalue weighted by atomic mass is 9.82. The highest BCUT2D eigenvalue weighted by Crippen LogP contribution is 2.31. The number of nitrogens with one attached hydrogen (secondary N) is 1. The molecular weight excluding hydrogens is 240 g/mol. The number of piperazine rings is 1. The van der Waals surface area contributed by atoms with E-state index in [1.165, 1.54) is 63.1 Å². The molecule has 3 aliphatic rings. The summed E-state index contributed by atoms with van der Waals surface area (Å²) >= 11 is 2.15. The summed E-state index contributed by atoms with van der Waals surface area (Å²) < 4.78 is 0. The Morgan fingerprint density at radius 1 is 1.11 bits per heavy atom. The number of rotatable bonds is 2. The van der Waals surface area contributed by atoms with Gasteiger partial charge in [0.15, 0.2) is 0 Å². The summed E-state index contributed by atoms with van der Waals surface area (Å²) in [5.41, 5.74) is 0. The fourth-order valence-electron chi connectivity index (χ4n) is 4.06. The van der Waals surface area contributed by atoms with Crippen molar-refractivity contribution in [3.8, 4) is 0 Å². The Balaban J connectivity index is 1.60. The van der Waals surface area contributed by atoms with E-state index >= 15 is 0 Å². The van der Waals surface area contributed by atoms with E-state index in [0.29, 0.717) is 0 Å². The lowest BCUT2D eigenvalue weighted by Gasteiger charge is -2.45. The van der Waals surface area contributed by atoms with Gasteiger partial charge in [0.05, 0.1) is 0 Å². The highest BCUT2D eigenvalue weighted by molar-refractivity contribution is 7.99. The third kappa shape index (κ3) is 2.88. The van der Waals surface area contributed by atoms with Gasteiger partial charge in [-0.3, -0.25) is 4.90 Å². The second-order valence-corrected chi connectivity index (χ2v) is 7.63. The van der Waals surface area contributed by atoms with Crippen LogP contribution in [0.1, 0.15) is 45.4 Å². The summed E-state index contributed by atoms with van der Waals surface area (Å²) in [6.45, 7) is 4.94. The topological polar surface area (TPSA) is 15.3 Å². The van der Waals surface area contributed by atoms with Gasteiger partial charge in [-0.1, -0.05) is 19.3 Å². The van der Waals surface area contributed by atoms with E-state index in [1.54, 1.807) is 0 Å². The van der Waals surface area contributed by atoms with Crippen molar-refractivity contribution in [3.63, 3.8) is 0 Å². The molecule has 104 valence electrons. The lowest BCUT2D eigenvalue weighted by molar-refractivity contribution is 0.0747. The number of nitrogens with zero attached hydrogens (tertiary/aromatic N) is 1. The molecule has 0 aromatic carbocycles. The van der Waals surface area contributed by atoms with Gasteiger partial charge in [-0.25, -0.2) is 0 Å². The van der Waals surface area contributed by atoms with Crippen molar-refractivity contribution in [1.82, 2.24) is 10.2 Å². The van der Waals surface area contributed by atoms with Crippen LogP contribution in [0.3, 0.4) is 0 Å². The van der Waals surface area contributed by atoms with E-state index in [-0.39, 0.29) is 0 Å². The molecule has 0 spiro atoms. The molecular formula is C15H28N2S. The van der Waals surface area contributed by atoms with Crippen LogP contribution in [-0.2, 0) is 0 Å². The summed E-state index contributed by atoms with van der Waals surface area (Å²) in [5, 5.41) is 3.84. The second kappa shape index (κ2) is 6.15. The van der Waals surface area contributed by atoms with Crippen molar-refractivity contribution in [3.05, 3.63) is 0 Å². The minimum absolute atomic E-state index is 0.744. The van der Waals surface area contributed by atoms with Crippen LogP contribution in [-0.4, -0.2) is 47.6 Å². The van der Waals surface area contributed by atoms with Gasteiger partial charge in [0.25, 0.3) is 0 Å². The van der Waals surface area contributed by atoms with Crippen molar-refractivity contribution in [2.24, 2.45) is 5.92 Å².